The molecule has 7 heteroatoms. The fourth-order valence-electron chi connectivity index (χ4n) is 2.17. The summed E-state index contributed by atoms with van der Waals surface area (Å²) in [6.07, 6.45) is -4.58. The van der Waals surface area contributed by atoms with Crippen molar-refractivity contribution in [2.24, 2.45) is 0 Å². The van der Waals surface area contributed by atoms with Gasteiger partial charge in [-0.2, -0.15) is 13.2 Å². The van der Waals surface area contributed by atoms with Gasteiger partial charge in [-0.1, -0.05) is 30.3 Å². The Morgan fingerprint density at radius 2 is 1.58 bits per heavy atom. The summed E-state index contributed by atoms with van der Waals surface area (Å²) in [4.78, 5) is 25.0. The molecular weight excluding hydrogens is 321 g/mol. The third kappa shape index (κ3) is 4.34. The van der Waals surface area contributed by atoms with Crippen LogP contribution in [0, 0.1) is 0 Å². The highest BCUT2D eigenvalue weighted by atomic mass is 19.4. The number of amides is 2. The predicted molar refractivity (Wildman–Crippen MR) is 84.5 cm³/mol. The van der Waals surface area contributed by atoms with E-state index in [0.29, 0.717) is 5.69 Å². The fourth-order valence-corrected chi connectivity index (χ4v) is 2.17. The van der Waals surface area contributed by atoms with Crippen molar-refractivity contribution in [3.05, 3.63) is 60.2 Å². The standard InChI is InChI=1S/C17H15F3N2O2/c1-12(23)22(13-7-3-2-4-8-13)11-16(24)21-15-10-6-5-9-14(15)17(18,19)20/h2-10H,11H2,1H3,(H,21,24). The normalized spacial score (nSPS) is 11.0. The first-order valence-electron chi connectivity index (χ1n) is 7.08. The minimum atomic E-state index is -4.58. The molecule has 24 heavy (non-hydrogen) atoms. The number of para-hydroxylation sites is 2. The number of alkyl halides is 3. The Kier molecular flexibility index (Phi) is 5.23. The molecule has 2 rings (SSSR count). The third-order valence-electron chi connectivity index (χ3n) is 3.26. The summed E-state index contributed by atoms with van der Waals surface area (Å²) in [7, 11) is 0. The Labute approximate surface area is 136 Å². The zero-order chi connectivity index (χ0) is 17.7. The Bertz CT molecular complexity index is 730. The fraction of sp³-hybridized carbons (Fsp3) is 0.176. The van der Waals surface area contributed by atoms with Crippen molar-refractivity contribution < 1.29 is 22.8 Å². The van der Waals surface area contributed by atoms with Gasteiger partial charge in [0.25, 0.3) is 0 Å². The summed E-state index contributed by atoms with van der Waals surface area (Å²) in [5.74, 6) is -1.11. The van der Waals surface area contributed by atoms with Gasteiger partial charge in [0.15, 0.2) is 0 Å². The molecule has 0 bridgehead atoms. The van der Waals surface area contributed by atoms with Gasteiger partial charge >= 0.3 is 6.18 Å². The smallest absolute Gasteiger partial charge is 0.324 e. The average Bonchev–Trinajstić information content (AvgIpc) is 2.52. The van der Waals surface area contributed by atoms with Gasteiger partial charge in [-0.05, 0) is 24.3 Å². The SMILES string of the molecule is CC(=O)N(CC(=O)Nc1ccccc1C(F)(F)F)c1ccccc1. The van der Waals surface area contributed by atoms with Gasteiger partial charge in [0, 0.05) is 12.6 Å². The molecule has 2 aromatic rings. The van der Waals surface area contributed by atoms with Crippen LogP contribution in [-0.2, 0) is 15.8 Å². The maximum Gasteiger partial charge on any atom is 0.418 e. The number of halogens is 3. The first kappa shape index (κ1) is 17.5. The molecule has 0 aliphatic carbocycles. The second-order valence-corrected chi connectivity index (χ2v) is 5.03. The number of nitrogens with zero attached hydrogens (tertiary/aromatic N) is 1. The van der Waals surface area contributed by atoms with Crippen molar-refractivity contribution in [2.75, 3.05) is 16.8 Å². The van der Waals surface area contributed by atoms with E-state index < -0.39 is 17.6 Å². The number of nitrogens with one attached hydrogen (secondary N) is 1. The number of hydrogen-bond donors (Lipinski definition) is 1. The van der Waals surface area contributed by atoms with Crippen molar-refractivity contribution in [1.82, 2.24) is 0 Å². The molecule has 0 heterocycles. The Hall–Kier alpha value is -2.83. The van der Waals surface area contributed by atoms with E-state index in [0.717, 1.165) is 6.07 Å². The monoisotopic (exact) mass is 336 g/mol. The second-order valence-electron chi connectivity index (χ2n) is 5.03. The highest BCUT2D eigenvalue weighted by molar-refractivity contribution is 6.02. The largest absolute Gasteiger partial charge is 0.418 e. The molecule has 0 aromatic heterocycles. The van der Waals surface area contributed by atoms with E-state index in [1.165, 1.54) is 30.0 Å². The van der Waals surface area contributed by atoms with Crippen molar-refractivity contribution >= 4 is 23.2 Å². The van der Waals surface area contributed by atoms with E-state index in [-0.39, 0.29) is 18.1 Å². The number of benzene rings is 2. The van der Waals surface area contributed by atoms with Gasteiger partial charge in [0.05, 0.1) is 11.3 Å². The van der Waals surface area contributed by atoms with Crippen molar-refractivity contribution in [3.8, 4) is 0 Å². The van der Waals surface area contributed by atoms with Crippen LogP contribution in [0.1, 0.15) is 12.5 Å². The van der Waals surface area contributed by atoms with E-state index >= 15 is 0 Å². The molecule has 2 amide bonds. The molecule has 1 N–H and O–H groups in total. The van der Waals surface area contributed by atoms with Crippen molar-refractivity contribution in [1.29, 1.82) is 0 Å². The second kappa shape index (κ2) is 7.16. The molecule has 0 saturated heterocycles. The van der Waals surface area contributed by atoms with Crippen molar-refractivity contribution in [2.45, 2.75) is 13.1 Å². The zero-order valence-electron chi connectivity index (χ0n) is 12.8. The Morgan fingerprint density at radius 3 is 2.17 bits per heavy atom. The molecular formula is C17H15F3N2O2. The van der Waals surface area contributed by atoms with Crippen LogP contribution in [0.25, 0.3) is 0 Å². The summed E-state index contributed by atoms with van der Waals surface area (Å²) in [5.41, 5.74) is -0.789. The van der Waals surface area contributed by atoms with E-state index in [4.69, 9.17) is 0 Å². The van der Waals surface area contributed by atoms with Crippen LogP contribution < -0.4 is 10.2 Å². The molecule has 126 valence electrons. The zero-order valence-corrected chi connectivity index (χ0v) is 12.8. The average molecular weight is 336 g/mol. The van der Waals surface area contributed by atoms with Gasteiger partial charge in [0.2, 0.25) is 11.8 Å². The van der Waals surface area contributed by atoms with Gasteiger partial charge in [-0.25, -0.2) is 0 Å². The minimum absolute atomic E-state index is 0.341. The van der Waals surface area contributed by atoms with Crippen LogP contribution in [0.5, 0.6) is 0 Å². The van der Waals surface area contributed by atoms with Crippen LogP contribution in [0.3, 0.4) is 0 Å². The van der Waals surface area contributed by atoms with Crippen LogP contribution >= 0.6 is 0 Å². The molecule has 2 aromatic carbocycles. The highest BCUT2D eigenvalue weighted by Gasteiger charge is 2.33. The van der Waals surface area contributed by atoms with Gasteiger partial charge in [-0.3, -0.25) is 9.59 Å². The number of carbonyl (C=O) groups is 2. The van der Waals surface area contributed by atoms with Crippen LogP contribution in [0.4, 0.5) is 24.5 Å². The summed E-state index contributed by atoms with van der Waals surface area (Å²) >= 11 is 0. The van der Waals surface area contributed by atoms with Crippen LogP contribution in [-0.4, -0.2) is 18.4 Å². The van der Waals surface area contributed by atoms with E-state index in [2.05, 4.69) is 5.32 Å². The maximum absolute atomic E-state index is 12.9. The quantitative estimate of drug-likeness (QED) is 0.925. The molecule has 0 fully saturated rings. The summed E-state index contributed by atoms with van der Waals surface area (Å²) in [6, 6.07) is 13.1. The lowest BCUT2D eigenvalue weighted by molar-refractivity contribution is -0.137. The van der Waals surface area contributed by atoms with Gasteiger partial charge in [0.1, 0.15) is 6.54 Å². The number of anilines is 2. The molecule has 0 saturated carbocycles. The maximum atomic E-state index is 12.9. The van der Waals surface area contributed by atoms with E-state index in [1.54, 1.807) is 30.3 Å². The predicted octanol–water partition coefficient (Wildman–Crippen LogP) is 3.70. The Balaban J connectivity index is 2.17. The lowest BCUT2D eigenvalue weighted by atomic mass is 10.1. The highest BCUT2D eigenvalue weighted by Crippen LogP contribution is 2.34. The lowest BCUT2D eigenvalue weighted by Crippen LogP contribution is -2.36. The lowest BCUT2D eigenvalue weighted by Gasteiger charge is -2.21. The van der Waals surface area contributed by atoms with E-state index in [9.17, 15) is 22.8 Å². The molecule has 0 atom stereocenters. The van der Waals surface area contributed by atoms with Crippen LogP contribution in [0.2, 0.25) is 0 Å². The summed E-state index contributed by atoms with van der Waals surface area (Å²) in [5, 5.41) is 2.22. The molecule has 0 aliphatic heterocycles. The first-order valence-corrected chi connectivity index (χ1v) is 7.08. The minimum Gasteiger partial charge on any atom is -0.324 e. The molecule has 4 nitrogen and oxygen atoms in total. The topological polar surface area (TPSA) is 49.4 Å². The van der Waals surface area contributed by atoms with E-state index in [1.807, 2.05) is 0 Å². The van der Waals surface area contributed by atoms with Gasteiger partial charge in [-0.15, -0.1) is 0 Å². The number of carbonyl (C=O) groups excluding carboxylic acids is 2. The summed E-state index contributed by atoms with van der Waals surface area (Å²) in [6.45, 7) is 0.898. The molecule has 0 radical (unpaired) electrons. The van der Waals surface area contributed by atoms with Gasteiger partial charge < -0.3 is 10.2 Å². The molecule has 0 aliphatic rings. The van der Waals surface area contributed by atoms with Crippen LogP contribution in [0.15, 0.2) is 54.6 Å². The van der Waals surface area contributed by atoms with Crippen molar-refractivity contribution in [3.63, 3.8) is 0 Å². The first-order chi connectivity index (χ1) is 11.3. The number of hydrogen-bond acceptors (Lipinski definition) is 2. The Morgan fingerprint density at radius 1 is 1.00 bits per heavy atom. The summed E-state index contributed by atoms with van der Waals surface area (Å²) < 4.78 is 38.8. The third-order valence-corrected chi connectivity index (χ3v) is 3.26. The number of rotatable bonds is 4. The molecule has 0 spiro atoms. The molecule has 0 unspecified atom stereocenters.